The summed E-state index contributed by atoms with van der Waals surface area (Å²) in [6.07, 6.45) is 4.29. The van der Waals surface area contributed by atoms with Crippen LogP contribution in [0.25, 0.3) is 0 Å². The number of aromatic amines is 1. The molecule has 1 aliphatic heterocycles. The summed E-state index contributed by atoms with van der Waals surface area (Å²) in [5.74, 6) is 3.11. The zero-order valence-electron chi connectivity index (χ0n) is 16.9. The monoisotopic (exact) mass is 418 g/mol. The van der Waals surface area contributed by atoms with Crippen molar-refractivity contribution >= 4 is 17.7 Å². The number of benzene rings is 2. The number of aromatic nitrogens is 3. The molecule has 154 valence electrons. The van der Waals surface area contributed by atoms with E-state index in [2.05, 4.69) is 34.5 Å². The number of nitrogens with zero attached hydrogens (tertiary/aromatic N) is 3. The minimum atomic E-state index is -0.225. The zero-order valence-corrected chi connectivity index (χ0v) is 17.7. The summed E-state index contributed by atoms with van der Waals surface area (Å²) in [7, 11) is 0. The summed E-state index contributed by atoms with van der Waals surface area (Å²) in [5.41, 5.74) is 1.06. The van der Waals surface area contributed by atoms with Gasteiger partial charge in [0.1, 0.15) is 11.1 Å². The fourth-order valence-corrected chi connectivity index (χ4v) is 5.19. The molecule has 0 bridgehead atoms. The summed E-state index contributed by atoms with van der Waals surface area (Å²) in [4.78, 5) is 21.4. The highest BCUT2D eigenvalue weighted by atomic mass is 32.2. The zero-order chi connectivity index (χ0) is 20.3. The van der Waals surface area contributed by atoms with Gasteiger partial charge < -0.3 is 4.90 Å². The molecule has 0 spiro atoms. The second-order valence-corrected chi connectivity index (χ2v) is 9.35. The van der Waals surface area contributed by atoms with Gasteiger partial charge in [0.2, 0.25) is 5.91 Å². The second kappa shape index (κ2) is 8.64. The highest BCUT2D eigenvalue weighted by Crippen LogP contribution is 2.40. The summed E-state index contributed by atoms with van der Waals surface area (Å²) >= 11 is 1.63. The van der Waals surface area contributed by atoms with Crippen molar-refractivity contribution in [2.45, 2.75) is 47.7 Å². The average Bonchev–Trinajstić information content (AvgIpc) is 3.55. The van der Waals surface area contributed by atoms with E-state index in [0.29, 0.717) is 11.8 Å². The van der Waals surface area contributed by atoms with E-state index in [1.165, 1.54) is 12.8 Å². The van der Waals surface area contributed by atoms with Gasteiger partial charge in [0.15, 0.2) is 5.82 Å². The molecule has 1 saturated heterocycles. The first kappa shape index (κ1) is 19.4. The molecule has 5 rings (SSSR count). The van der Waals surface area contributed by atoms with Gasteiger partial charge in [0.25, 0.3) is 0 Å². The Morgan fingerprint density at radius 2 is 1.60 bits per heavy atom. The van der Waals surface area contributed by atoms with E-state index in [0.717, 1.165) is 48.0 Å². The Hall–Kier alpha value is -2.60. The van der Waals surface area contributed by atoms with Gasteiger partial charge in [-0.15, -0.1) is 11.8 Å². The Morgan fingerprint density at radius 1 is 0.933 bits per heavy atom. The van der Waals surface area contributed by atoms with Gasteiger partial charge in [0.05, 0.1) is 0 Å². The van der Waals surface area contributed by atoms with E-state index >= 15 is 0 Å². The lowest BCUT2D eigenvalue weighted by molar-refractivity contribution is -0.131. The minimum Gasteiger partial charge on any atom is -0.341 e. The van der Waals surface area contributed by atoms with Gasteiger partial charge >= 0.3 is 0 Å². The molecule has 30 heavy (non-hydrogen) atoms. The molecule has 1 atom stereocenters. The van der Waals surface area contributed by atoms with Crippen LogP contribution in [0.2, 0.25) is 0 Å². The highest BCUT2D eigenvalue weighted by molar-refractivity contribution is 8.00. The normalized spacial score (nSPS) is 18.3. The number of nitrogens with one attached hydrogen (secondary N) is 1. The van der Waals surface area contributed by atoms with Crippen LogP contribution in [0.4, 0.5) is 0 Å². The lowest BCUT2D eigenvalue weighted by atomic mass is 9.95. The van der Waals surface area contributed by atoms with Crippen LogP contribution in [0.3, 0.4) is 0 Å². The Balaban J connectivity index is 1.27. The van der Waals surface area contributed by atoms with E-state index in [1.807, 2.05) is 41.3 Å². The number of amides is 1. The maximum Gasteiger partial charge on any atom is 0.240 e. The predicted octanol–water partition coefficient (Wildman–Crippen LogP) is 4.92. The summed E-state index contributed by atoms with van der Waals surface area (Å²) in [5, 5.41) is 7.33. The molecule has 2 heterocycles. The first-order chi connectivity index (χ1) is 14.8. The van der Waals surface area contributed by atoms with Gasteiger partial charge in [-0.05, 0) is 43.4 Å². The molecule has 1 aliphatic carbocycles. The van der Waals surface area contributed by atoms with Gasteiger partial charge in [-0.25, -0.2) is 4.98 Å². The van der Waals surface area contributed by atoms with E-state index in [4.69, 9.17) is 4.98 Å². The van der Waals surface area contributed by atoms with Crippen molar-refractivity contribution in [1.29, 1.82) is 0 Å². The van der Waals surface area contributed by atoms with Gasteiger partial charge in [0, 0.05) is 29.8 Å². The van der Waals surface area contributed by atoms with Gasteiger partial charge in [-0.3, -0.25) is 9.89 Å². The van der Waals surface area contributed by atoms with Crippen molar-refractivity contribution in [2.24, 2.45) is 0 Å². The Morgan fingerprint density at radius 3 is 2.27 bits per heavy atom. The molecule has 1 unspecified atom stereocenters. The third kappa shape index (κ3) is 4.29. The highest BCUT2D eigenvalue weighted by Gasteiger charge is 2.33. The van der Waals surface area contributed by atoms with Crippen molar-refractivity contribution in [1.82, 2.24) is 20.1 Å². The number of rotatable bonds is 6. The number of H-pyrrole nitrogens is 1. The molecule has 6 heteroatoms. The van der Waals surface area contributed by atoms with Gasteiger partial charge in [-0.2, -0.15) is 5.10 Å². The van der Waals surface area contributed by atoms with Crippen LogP contribution in [0.1, 0.15) is 60.0 Å². The maximum absolute atomic E-state index is 13.5. The number of hydrogen-bond donors (Lipinski definition) is 1. The van der Waals surface area contributed by atoms with E-state index in [-0.39, 0.29) is 11.2 Å². The van der Waals surface area contributed by atoms with Gasteiger partial charge in [-0.1, -0.05) is 48.5 Å². The molecular formula is C24H26N4OS. The smallest absolute Gasteiger partial charge is 0.240 e. The molecule has 1 saturated carbocycles. The van der Waals surface area contributed by atoms with E-state index in [1.54, 1.807) is 11.8 Å². The van der Waals surface area contributed by atoms with Crippen molar-refractivity contribution in [2.75, 3.05) is 13.1 Å². The van der Waals surface area contributed by atoms with Crippen LogP contribution in [0, 0.1) is 0 Å². The van der Waals surface area contributed by atoms with Crippen LogP contribution in [0.5, 0.6) is 0 Å². The lowest BCUT2D eigenvalue weighted by Crippen LogP contribution is -2.40. The van der Waals surface area contributed by atoms with Crippen LogP contribution in [0.15, 0.2) is 65.6 Å². The first-order valence-electron chi connectivity index (χ1n) is 10.8. The predicted molar refractivity (Wildman–Crippen MR) is 118 cm³/mol. The first-order valence-corrected chi connectivity index (χ1v) is 11.6. The quantitative estimate of drug-likeness (QED) is 0.577. The number of likely N-dealkylation sites (tertiary alicyclic amines) is 1. The number of carbonyl (C=O) groups excluding carboxylic acids is 1. The van der Waals surface area contributed by atoms with Crippen molar-refractivity contribution in [3.63, 3.8) is 0 Å². The topological polar surface area (TPSA) is 61.9 Å². The maximum atomic E-state index is 13.5. The van der Waals surface area contributed by atoms with Crippen LogP contribution in [-0.4, -0.2) is 39.1 Å². The Kier molecular flexibility index (Phi) is 5.58. The van der Waals surface area contributed by atoms with Crippen LogP contribution >= 0.6 is 11.8 Å². The second-order valence-electron chi connectivity index (χ2n) is 8.17. The third-order valence-electron chi connectivity index (χ3n) is 5.98. The standard InChI is InChI=1S/C24H26N4OS/c29-24(21(17-7-3-1-4-8-17)30-20-9-5-2-6-10-20)28-15-13-19(14-16-28)23-25-22(26-27-23)18-11-12-18/h1-10,18-19,21H,11-16H2,(H,25,26,27). The van der Waals surface area contributed by atoms with Crippen molar-refractivity contribution in [3.8, 4) is 0 Å². The molecule has 1 amide bonds. The molecular weight excluding hydrogens is 392 g/mol. The molecule has 5 nitrogen and oxygen atoms in total. The van der Waals surface area contributed by atoms with E-state index in [9.17, 15) is 4.79 Å². The molecule has 2 fully saturated rings. The minimum absolute atomic E-state index is 0.199. The SMILES string of the molecule is O=C(C(Sc1ccccc1)c1ccccc1)N1CCC(c2nc(C3CC3)n[nH]2)CC1. The summed E-state index contributed by atoms with van der Waals surface area (Å²) < 4.78 is 0. The molecule has 2 aromatic carbocycles. The van der Waals surface area contributed by atoms with E-state index < -0.39 is 0 Å². The van der Waals surface area contributed by atoms with Crippen molar-refractivity contribution < 1.29 is 4.79 Å². The van der Waals surface area contributed by atoms with Crippen molar-refractivity contribution in [3.05, 3.63) is 77.9 Å². The number of hydrogen-bond acceptors (Lipinski definition) is 4. The fraction of sp³-hybridized carbons (Fsp3) is 0.375. The summed E-state index contributed by atoms with van der Waals surface area (Å²) in [6.45, 7) is 1.53. The number of piperidine rings is 1. The molecule has 1 aromatic heterocycles. The summed E-state index contributed by atoms with van der Waals surface area (Å²) in [6, 6.07) is 20.3. The molecule has 2 aliphatic rings. The molecule has 0 radical (unpaired) electrons. The number of thioether (sulfide) groups is 1. The average molecular weight is 419 g/mol. The van der Waals surface area contributed by atoms with Crippen LogP contribution in [-0.2, 0) is 4.79 Å². The lowest BCUT2D eigenvalue weighted by Gasteiger charge is -2.33. The fourth-order valence-electron chi connectivity index (χ4n) is 4.06. The third-order valence-corrected chi connectivity index (χ3v) is 7.23. The molecule has 3 aromatic rings. The Labute approximate surface area is 181 Å². The molecule has 1 N–H and O–H groups in total. The number of carbonyl (C=O) groups is 1. The largest absolute Gasteiger partial charge is 0.341 e. The Bertz CT molecular complexity index is 979. The van der Waals surface area contributed by atoms with Crippen LogP contribution < -0.4 is 0 Å².